The molecule has 2 heterocycles. The summed E-state index contributed by atoms with van der Waals surface area (Å²) in [6.07, 6.45) is -2.88. The monoisotopic (exact) mass is 447 g/mol. The van der Waals surface area contributed by atoms with Crippen LogP contribution in [0.4, 0.5) is 13.2 Å². The van der Waals surface area contributed by atoms with Crippen LogP contribution in [0.15, 0.2) is 53.1 Å². The minimum Gasteiger partial charge on any atom is -0.457 e. The van der Waals surface area contributed by atoms with Crippen LogP contribution in [0.2, 0.25) is 0 Å². The number of nitrogens with one attached hydrogen (secondary N) is 2. The number of aryl methyl sites for hydroxylation is 1. The maximum atomic E-state index is 13.0. The van der Waals surface area contributed by atoms with Crippen LogP contribution in [0.5, 0.6) is 11.5 Å². The van der Waals surface area contributed by atoms with Crippen LogP contribution in [0.1, 0.15) is 37.9 Å². The molecule has 3 rings (SSSR count). The van der Waals surface area contributed by atoms with Gasteiger partial charge in [-0.15, -0.1) is 0 Å². The van der Waals surface area contributed by atoms with Crippen molar-refractivity contribution in [1.29, 1.82) is 0 Å². The summed E-state index contributed by atoms with van der Waals surface area (Å²) >= 11 is 0. The van der Waals surface area contributed by atoms with Crippen molar-refractivity contribution in [2.45, 2.75) is 19.5 Å². The zero-order valence-electron chi connectivity index (χ0n) is 17.2. The predicted octanol–water partition coefficient (Wildman–Crippen LogP) is 4.13. The number of halogens is 3. The Bertz CT molecular complexity index is 1110. The maximum absolute atomic E-state index is 13.0. The molecule has 2 aromatic heterocycles. The third-order valence-electron chi connectivity index (χ3n) is 4.41. The lowest BCUT2D eigenvalue weighted by Gasteiger charge is -2.09. The number of benzene rings is 1. The first-order chi connectivity index (χ1) is 15.2. The molecule has 0 saturated carbocycles. The fourth-order valence-corrected chi connectivity index (χ4v) is 2.90. The van der Waals surface area contributed by atoms with Gasteiger partial charge in [0.2, 0.25) is 5.76 Å². The fraction of sp³-hybridized carbons (Fsp3) is 0.227. The molecular formula is C22H20F3N3O4. The second-order valence-corrected chi connectivity index (χ2v) is 6.81. The van der Waals surface area contributed by atoms with Crippen LogP contribution < -0.4 is 15.4 Å². The minimum absolute atomic E-state index is 0.00899. The summed E-state index contributed by atoms with van der Waals surface area (Å²) in [4.78, 5) is 27.8. The normalized spacial score (nSPS) is 11.2. The number of nitrogens with zero attached hydrogens (tertiary/aromatic N) is 1. The Morgan fingerprint density at radius 2 is 1.78 bits per heavy atom. The van der Waals surface area contributed by atoms with E-state index in [0.717, 1.165) is 11.6 Å². The molecule has 0 bridgehead atoms. The van der Waals surface area contributed by atoms with E-state index in [9.17, 15) is 22.8 Å². The summed E-state index contributed by atoms with van der Waals surface area (Å²) in [7, 11) is 1.50. The van der Waals surface area contributed by atoms with Gasteiger partial charge in [0.15, 0.2) is 0 Å². The lowest BCUT2D eigenvalue weighted by atomic mass is 10.1. The van der Waals surface area contributed by atoms with Crippen LogP contribution in [-0.4, -0.2) is 30.4 Å². The lowest BCUT2D eigenvalue weighted by Crippen LogP contribution is -2.27. The predicted molar refractivity (Wildman–Crippen MR) is 109 cm³/mol. The number of ether oxygens (including phenoxy) is 1. The summed E-state index contributed by atoms with van der Waals surface area (Å²) in [6.45, 7) is 1.49. The van der Waals surface area contributed by atoms with Crippen molar-refractivity contribution in [3.8, 4) is 11.5 Å². The molecule has 3 aromatic rings. The van der Waals surface area contributed by atoms with Gasteiger partial charge < -0.3 is 19.8 Å². The van der Waals surface area contributed by atoms with Gasteiger partial charge in [-0.1, -0.05) is 12.1 Å². The number of furan rings is 1. The molecular weight excluding hydrogens is 427 g/mol. The van der Waals surface area contributed by atoms with Gasteiger partial charge >= 0.3 is 6.18 Å². The molecule has 0 aliphatic heterocycles. The van der Waals surface area contributed by atoms with Gasteiger partial charge in [-0.3, -0.25) is 14.6 Å². The van der Waals surface area contributed by atoms with E-state index < -0.39 is 23.4 Å². The minimum atomic E-state index is -4.74. The van der Waals surface area contributed by atoms with Crippen LogP contribution in [0.3, 0.4) is 0 Å². The number of alkyl halides is 3. The molecule has 7 nitrogen and oxygen atoms in total. The summed E-state index contributed by atoms with van der Waals surface area (Å²) in [5.41, 5.74) is 0.531. The standard InChI is InChI=1S/C22H20F3N3O4/c1-13-11-17(19(31-13)22(23,24)25)20(29)28-9-7-14-3-5-15(6-4-14)32-16-8-10-27-18(12-16)21(30)26-2/h3-6,8,10-12H,7,9H2,1-2H3,(H,26,30)(H,28,29). The average molecular weight is 447 g/mol. The molecule has 0 spiro atoms. The maximum Gasteiger partial charge on any atom is 0.450 e. The zero-order valence-corrected chi connectivity index (χ0v) is 17.2. The van der Waals surface area contributed by atoms with Gasteiger partial charge in [0, 0.05) is 25.9 Å². The summed E-state index contributed by atoms with van der Waals surface area (Å²) in [5, 5.41) is 4.96. The first kappa shape index (κ1) is 22.9. The molecule has 0 radical (unpaired) electrons. The van der Waals surface area contributed by atoms with Crippen LogP contribution in [-0.2, 0) is 12.6 Å². The topological polar surface area (TPSA) is 93.5 Å². The van der Waals surface area contributed by atoms with Gasteiger partial charge in [-0.2, -0.15) is 13.2 Å². The molecule has 32 heavy (non-hydrogen) atoms. The van der Waals surface area contributed by atoms with E-state index in [1.54, 1.807) is 30.3 Å². The Kier molecular flexibility index (Phi) is 6.82. The van der Waals surface area contributed by atoms with Crippen molar-refractivity contribution < 1.29 is 31.9 Å². The van der Waals surface area contributed by atoms with E-state index in [4.69, 9.17) is 4.74 Å². The first-order valence-corrected chi connectivity index (χ1v) is 9.58. The highest BCUT2D eigenvalue weighted by Crippen LogP contribution is 2.34. The van der Waals surface area contributed by atoms with Crippen molar-refractivity contribution >= 4 is 11.8 Å². The van der Waals surface area contributed by atoms with Gasteiger partial charge in [-0.25, -0.2) is 0 Å². The molecule has 0 atom stereocenters. The Balaban J connectivity index is 1.56. The smallest absolute Gasteiger partial charge is 0.450 e. The molecule has 0 fully saturated rings. The number of aromatic nitrogens is 1. The number of amides is 2. The molecule has 0 aliphatic rings. The molecule has 2 amide bonds. The van der Waals surface area contributed by atoms with Crippen molar-refractivity contribution in [3.63, 3.8) is 0 Å². The number of pyridine rings is 1. The highest BCUT2D eigenvalue weighted by atomic mass is 19.4. The Morgan fingerprint density at radius 1 is 1.06 bits per heavy atom. The van der Waals surface area contributed by atoms with Crippen molar-refractivity contribution in [1.82, 2.24) is 15.6 Å². The molecule has 0 aliphatic carbocycles. The number of hydrogen-bond acceptors (Lipinski definition) is 5. The van der Waals surface area contributed by atoms with E-state index in [1.807, 2.05) is 0 Å². The van der Waals surface area contributed by atoms with E-state index in [0.29, 0.717) is 17.9 Å². The molecule has 168 valence electrons. The Labute approximate surface area is 181 Å². The third kappa shape index (κ3) is 5.65. The summed E-state index contributed by atoms with van der Waals surface area (Å²) in [6, 6.07) is 11.1. The second kappa shape index (κ2) is 9.54. The first-order valence-electron chi connectivity index (χ1n) is 9.58. The fourth-order valence-electron chi connectivity index (χ4n) is 2.90. The van der Waals surface area contributed by atoms with Gasteiger partial charge in [-0.05, 0) is 43.2 Å². The largest absolute Gasteiger partial charge is 0.457 e. The molecule has 1 aromatic carbocycles. The number of carbonyl (C=O) groups excluding carboxylic acids is 2. The molecule has 10 heteroatoms. The van der Waals surface area contributed by atoms with Crippen molar-refractivity contribution in [3.05, 3.63) is 77.0 Å². The number of rotatable bonds is 7. The highest BCUT2D eigenvalue weighted by molar-refractivity contribution is 5.95. The number of hydrogen-bond donors (Lipinski definition) is 2. The SMILES string of the molecule is CNC(=O)c1cc(Oc2ccc(CCNC(=O)c3cc(C)oc3C(F)(F)F)cc2)ccn1. The van der Waals surface area contributed by atoms with Gasteiger partial charge in [0.1, 0.15) is 23.0 Å². The van der Waals surface area contributed by atoms with E-state index in [-0.39, 0.29) is 23.9 Å². The van der Waals surface area contributed by atoms with E-state index in [1.165, 1.54) is 26.2 Å². The summed E-state index contributed by atoms with van der Waals surface area (Å²) in [5.74, 6) is -1.51. The molecule has 0 unspecified atom stereocenters. The van der Waals surface area contributed by atoms with E-state index in [2.05, 4.69) is 20.0 Å². The van der Waals surface area contributed by atoms with Gasteiger partial charge in [0.05, 0.1) is 5.56 Å². The van der Waals surface area contributed by atoms with Crippen LogP contribution in [0.25, 0.3) is 0 Å². The quantitative estimate of drug-likeness (QED) is 0.568. The molecule has 0 saturated heterocycles. The molecule has 2 N–H and O–H groups in total. The number of carbonyl (C=O) groups is 2. The highest BCUT2D eigenvalue weighted by Gasteiger charge is 2.39. The Hall–Kier alpha value is -3.82. The van der Waals surface area contributed by atoms with E-state index >= 15 is 0 Å². The van der Waals surface area contributed by atoms with Crippen molar-refractivity contribution in [2.75, 3.05) is 13.6 Å². The van der Waals surface area contributed by atoms with Crippen LogP contribution in [0, 0.1) is 6.92 Å². The van der Waals surface area contributed by atoms with Crippen LogP contribution >= 0.6 is 0 Å². The van der Waals surface area contributed by atoms with Gasteiger partial charge in [0.25, 0.3) is 11.8 Å². The Morgan fingerprint density at radius 3 is 2.44 bits per heavy atom. The van der Waals surface area contributed by atoms with Crippen molar-refractivity contribution in [2.24, 2.45) is 0 Å². The summed E-state index contributed by atoms with van der Waals surface area (Å²) < 4.78 is 49.3. The lowest BCUT2D eigenvalue weighted by molar-refractivity contribution is -0.153. The average Bonchev–Trinajstić information content (AvgIpc) is 3.17. The second-order valence-electron chi connectivity index (χ2n) is 6.81. The third-order valence-corrected chi connectivity index (χ3v) is 4.41. The zero-order chi connectivity index (χ0) is 23.3.